The number of carbonyl (C=O) groups excluding carboxylic acids is 2. The summed E-state index contributed by atoms with van der Waals surface area (Å²) >= 11 is 0. The Kier molecular flexibility index (Phi) is 2.42. The second kappa shape index (κ2) is 3.48. The van der Waals surface area contributed by atoms with Crippen LogP contribution in [0.2, 0.25) is 0 Å². The van der Waals surface area contributed by atoms with Gasteiger partial charge < -0.3 is 16.0 Å². The Hall–Kier alpha value is -1.10. The van der Waals surface area contributed by atoms with Crippen molar-refractivity contribution in [2.45, 2.75) is 37.8 Å². The van der Waals surface area contributed by atoms with Crippen molar-refractivity contribution >= 4 is 11.8 Å². The molecule has 1 atom stereocenters. The van der Waals surface area contributed by atoms with Crippen LogP contribution in [0.5, 0.6) is 0 Å². The molecule has 0 aromatic carbocycles. The minimum atomic E-state index is -0.421. The maximum absolute atomic E-state index is 11.6. The van der Waals surface area contributed by atoms with E-state index in [1.54, 1.807) is 11.8 Å². The van der Waals surface area contributed by atoms with Crippen molar-refractivity contribution in [2.75, 3.05) is 13.1 Å². The van der Waals surface area contributed by atoms with Crippen LogP contribution < -0.4 is 11.1 Å². The molecule has 0 saturated carbocycles. The first-order valence-corrected chi connectivity index (χ1v) is 5.38. The fourth-order valence-electron chi connectivity index (χ4n) is 2.33. The zero-order chi connectivity index (χ0) is 11.1. The molecule has 3 N–H and O–H groups in total. The number of hydrogen-bond donors (Lipinski definition) is 2. The highest BCUT2D eigenvalue weighted by molar-refractivity contribution is 5.85. The summed E-state index contributed by atoms with van der Waals surface area (Å²) in [6.45, 7) is 3.12. The third-order valence-corrected chi connectivity index (χ3v) is 3.33. The van der Waals surface area contributed by atoms with Crippen molar-refractivity contribution in [3.05, 3.63) is 0 Å². The van der Waals surface area contributed by atoms with Crippen LogP contribution in [0.1, 0.15) is 26.2 Å². The second-order valence-electron chi connectivity index (χ2n) is 4.62. The smallest absolute Gasteiger partial charge is 0.239 e. The predicted molar refractivity (Wildman–Crippen MR) is 55.0 cm³/mol. The summed E-state index contributed by atoms with van der Waals surface area (Å²) in [6, 6.07) is -0.421. The molecule has 2 fully saturated rings. The van der Waals surface area contributed by atoms with Gasteiger partial charge in [0.1, 0.15) is 0 Å². The van der Waals surface area contributed by atoms with Crippen LogP contribution >= 0.6 is 0 Å². The highest BCUT2D eigenvalue weighted by Crippen LogP contribution is 2.31. The molecule has 2 saturated heterocycles. The van der Waals surface area contributed by atoms with E-state index in [0.717, 1.165) is 12.8 Å². The van der Waals surface area contributed by atoms with Crippen LogP contribution in [0.25, 0.3) is 0 Å². The third kappa shape index (κ3) is 1.84. The molecular weight excluding hydrogens is 194 g/mol. The van der Waals surface area contributed by atoms with Gasteiger partial charge in [0.15, 0.2) is 0 Å². The van der Waals surface area contributed by atoms with Crippen molar-refractivity contribution < 1.29 is 9.59 Å². The average molecular weight is 211 g/mol. The highest BCUT2D eigenvalue weighted by atomic mass is 16.2. The number of piperidine rings is 1. The van der Waals surface area contributed by atoms with Gasteiger partial charge in [-0.15, -0.1) is 0 Å². The molecule has 2 rings (SSSR count). The maximum atomic E-state index is 11.6. The molecule has 15 heavy (non-hydrogen) atoms. The van der Waals surface area contributed by atoms with Gasteiger partial charge in [0, 0.05) is 19.5 Å². The van der Waals surface area contributed by atoms with E-state index in [1.165, 1.54) is 0 Å². The number of β-lactam (4-membered cyclic amide) rings is 1. The largest absolute Gasteiger partial charge is 0.350 e. The number of likely N-dealkylation sites (tertiary alicyclic amines) is 1. The van der Waals surface area contributed by atoms with Crippen LogP contribution in [0.4, 0.5) is 0 Å². The van der Waals surface area contributed by atoms with Crippen molar-refractivity contribution in [2.24, 2.45) is 5.73 Å². The number of nitrogens with zero attached hydrogens (tertiary/aromatic N) is 1. The van der Waals surface area contributed by atoms with Gasteiger partial charge in [0.2, 0.25) is 11.8 Å². The van der Waals surface area contributed by atoms with Gasteiger partial charge in [-0.25, -0.2) is 0 Å². The van der Waals surface area contributed by atoms with Gasteiger partial charge in [0.25, 0.3) is 0 Å². The standard InChI is InChI=1S/C10H17N3O2/c1-7(11)9(15)13-4-2-10(3-5-13)6-8(14)12-10/h7H,2-6,11H2,1H3,(H,12,14)/t7-/m0/s1. The van der Waals surface area contributed by atoms with Crippen LogP contribution in [-0.2, 0) is 9.59 Å². The lowest BCUT2D eigenvalue weighted by atomic mass is 9.78. The molecule has 2 amide bonds. The predicted octanol–water partition coefficient (Wildman–Crippen LogP) is -0.785. The van der Waals surface area contributed by atoms with E-state index in [-0.39, 0.29) is 17.4 Å². The van der Waals surface area contributed by atoms with Gasteiger partial charge in [-0.3, -0.25) is 9.59 Å². The van der Waals surface area contributed by atoms with Gasteiger partial charge in [0.05, 0.1) is 11.6 Å². The molecule has 2 aliphatic rings. The maximum Gasteiger partial charge on any atom is 0.239 e. The molecule has 0 aliphatic carbocycles. The Balaban J connectivity index is 1.87. The molecule has 0 aromatic rings. The first-order valence-electron chi connectivity index (χ1n) is 5.38. The van der Waals surface area contributed by atoms with Gasteiger partial charge >= 0.3 is 0 Å². The summed E-state index contributed by atoms with van der Waals surface area (Å²) in [6.07, 6.45) is 2.33. The topological polar surface area (TPSA) is 75.4 Å². The van der Waals surface area contributed by atoms with Crippen LogP contribution in [0.15, 0.2) is 0 Å². The molecule has 84 valence electrons. The van der Waals surface area contributed by atoms with E-state index < -0.39 is 6.04 Å². The zero-order valence-corrected chi connectivity index (χ0v) is 8.95. The first kappa shape index (κ1) is 10.4. The normalized spacial score (nSPS) is 25.7. The minimum Gasteiger partial charge on any atom is -0.350 e. The van der Waals surface area contributed by atoms with E-state index in [0.29, 0.717) is 19.5 Å². The fraction of sp³-hybridized carbons (Fsp3) is 0.800. The monoisotopic (exact) mass is 211 g/mol. The molecule has 2 heterocycles. The third-order valence-electron chi connectivity index (χ3n) is 3.33. The lowest BCUT2D eigenvalue weighted by Gasteiger charge is -2.48. The Bertz CT molecular complexity index is 283. The summed E-state index contributed by atoms with van der Waals surface area (Å²) in [5.41, 5.74) is 5.53. The fourth-order valence-corrected chi connectivity index (χ4v) is 2.33. The molecule has 2 aliphatic heterocycles. The van der Waals surface area contributed by atoms with Crippen molar-refractivity contribution in [3.63, 3.8) is 0 Å². The summed E-state index contributed by atoms with van der Waals surface area (Å²) < 4.78 is 0. The van der Waals surface area contributed by atoms with E-state index in [4.69, 9.17) is 5.73 Å². The molecule has 0 radical (unpaired) electrons. The molecule has 0 bridgehead atoms. The quantitative estimate of drug-likeness (QED) is 0.558. The van der Waals surface area contributed by atoms with E-state index in [1.807, 2.05) is 0 Å². The Morgan fingerprint density at radius 3 is 2.47 bits per heavy atom. The number of nitrogens with two attached hydrogens (primary N) is 1. The van der Waals surface area contributed by atoms with Gasteiger partial charge in [-0.2, -0.15) is 0 Å². The Morgan fingerprint density at radius 2 is 2.07 bits per heavy atom. The second-order valence-corrected chi connectivity index (χ2v) is 4.62. The molecular formula is C10H17N3O2. The van der Waals surface area contributed by atoms with Gasteiger partial charge in [-0.05, 0) is 19.8 Å². The highest BCUT2D eigenvalue weighted by Gasteiger charge is 2.45. The number of hydrogen-bond acceptors (Lipinski definition) is 3. The van der Waals surface area contributed by atoms with Crippen molar-refractivity contribution in [3.8, 4) is 0 Å². The van der Waals surface area contributed by atoms with E-state index in [9.17, 15) is 9.59 Å². The number of rotatable bonds is 1. The SMILES string of the molecule is C[C@H](N)C(=O)N1CCC2(CC1)CC(=O)N2. The lowest BCUT2D eigenvalue weighted by molar-refractivity contribution is -0.139. The Labute approximate surface area is 89.0 Å². The average Bonchev–Trinajstić information content (AvgIpc) is 2.16. The van der Waals surface area contributed by atoms with Crippen LogP contribution in [0, 0.1) is 0 Å². The van der Waals surface area contributed by atoms with Crippen LogP contribution in [-0.4, -0.2) is 41.4 Å². The number of amides is 2. The molecule has 5 heteroatoms. The first-order chi connectivity index (χ1) is 7.02. The molecule has 0 unspecified atom stereocenters. The summed E-state index contributed by atoms with van der Waals surface area (Å²) in [7, 11) is 0. The minimum absolute atomic E-state index is 0.00823. The number of carbonyl (C=O) groups is 2. The summed E-state index contributed by atoms with van der Waals surface area (Å²) in [5.74, 6) is 0.137. The Morgan fingerprint density at radius 1 is 1.53 bits per heavy atom. The molecule has 5 nitrogen and oxygen atoms in total. The zero-order valence-electron chi connectivity index (χ0n) is 8.95. The van der Waals surface area contributed by atoms with Crippen LogP contribution in [0.3, 0.4) is 0 Å². The molecule has 1 spiro atoms. The summed E-state index contributed by atoms with van der Waals surface area (Å²) in [5, 5.41) is 2.94. The molecule has 0 aromatic heterocycles. The van der Waals surface area contributed by atoms with Crippen molar-refractivity contribution in [1.29, 1.82) is 0 Å². The summed E-state index contributed by atoms with van der Waals surface area (Å²) in [4.78, 5) is 24.3. The van der Waals surface area contributed by atoms with E-state index in [2.05, 4.69) is 5.32 Å². The number of nitrogens with one attached hydrogen (secondary N) is 1. The van der Waals surface area contributed by atoms with E-state index >= 15 is 0 Å². The lowest BCUT2D eigenvalue weighted by Crippen LogP contribution is -2.65. The van der Waals surface area contributed by atoms with Crippen molar-refractivity contribution in [1.82, 2.24) is 10.2 Å². The van der Waals surface area contributed by atoms with Gasteiger partial charge in [-0.1, -0.05) is 0 Å².